The summed E-state index contributed by atoms with van der Waals surface area (Å²) in [6.07, 6.45) is 7.71. The van der Waals surface area contributed by atoms with Gasteiger partial charge in [0.05, 0.1) is 13.0 Å². The molecule has 0 N–H and O–H groups in total. The predicted molar refractivity (Wildman–Crippen MR) is 82.0 cm³/mol. The third-order valence-corrected chi connectivity index (χ3v) is 6.83. The predicted octanol–water partition coefficient (Wildman–Crippen LogP) is 2.76. The fourth-order valence-electron chi connectivity index (χ4n) is 7.18. The molecule has 1 saturated heterocycles. The number of nitrogens with zero attached hydrogens (tertiary/aromatic N) is 1. The lowest BCUT2D eigenvalue weighted by molar-refractivity contribution is -0.170. The molecule has 4 nitrogen and oxygen atoms in total. The van der Waals surface area contributed by atoms with Gasteiger partial charge in [-0.2, -0.15) is 0 Å². The van der Waals surface area contributed by atoms with Crippen LogP contribution in [0.3, 0.4) is 0 Å². The number of hydrogen-bond donors (Lipinski definition) is 0. The summed E-state index contributed by atoms with van der Waals surface area (Å²) in [5.41, 5.74) is 0.790. The topological polar surface area (TPSA) is 46.6 Å². The molecule has 1 heterocycles. The summed E-state index contributed by atoms with van der Waals surface area (Å²) in [6.45, 7) is 5.41. The Labute approximate surface area is 132 Å². The highest BCUT2D eigenvalue weighted by atomic mass is 16.5. The average Bonchev–Trinajstić information content (AvgIpc) is 2.76. The van der Waals surface area contributed by atoms with Gasteiger partial charge >= 0.3 is 5.97 Å². The molecule has 3 atom stereocenters. The molecule has 4 saturated carbocycles. The zero-order valence-corrected chi connectivity index (χ0v) is 14.0. The molecule has 22 heavy (non-hydrogen) atoms. The molecule has 4 aliphatic carbocycles. The van der Waals surface area contributed by atoms with Crippen LogP contribution >= 0.6 is 0 Å². The van der Waals surface area contributed by atoms with Gasteiger partial charge in [-0.25, -0.2) is 0 Å². The number of esters is 1. The van der Waals surface area contributed by atoms with Crippen molar-refractivity contribution in [1.82, 2.24) is 4.90 Å². The fourth-order valence-corrected chi connectivity index (χ4v) is 7.18. The van der Waals surface area contributed by atoms with E-state index in [9.17, 15) is 9.59 Å². The molecule has 5 aliphatic rings. The number of carbonyl (C=O) groups is 2. The second-order valence-electron chi connectivity index (χ2n) is 9.28. The van der Waals surface area contributed by atoms with Crippen LogP contribution < -0.4 is 0 Å². The lowest BCUT2D eigenvalue weighted by Gasteiger charge is -2.67. The monoisotopic (exact) mass is 305 g/mol. The standard InChI is InChI=1S/C18H27NO3/c1-16-5-12-6-17(2,9-16)11-18(7-12,10-16)19-8-13(4-14(19)20)15(21)22-3/h12-13H,4-11H2,1-3H3/t12?,13-,16+,17+,18?/m1/s1. The minimum Gasteiger partial charge on any atom is -0.469 e. The van der Waals surface area contributed by atoms with Gasteiger partial charge in [-0.05, 0) is 55.3 Å². The van der Waals surface area contributed by atoms with E-state index < -0.39 is 0 Å². The van der Waals surface area contributed by atoms with Crippen LogP contribution in [0, 0.1) is 22.7 Å². The van der Waals surface area contributed by atoms with E-state index in [4.69, 9.17) is 4.74 Å². The summed E-state index contributed by atoms with van der Waals surface area (Å²) in [6, 6.07) is 0. The van der Waals surface area contributed by atoms with Crippen LogP contribution in [0.15, 0.2) is 0 Å². The van der Waals surface area contributed by atoms with Crippen LogP contribution in [0.2, 0.25) is 0 Å². The van der Waals surface area contributed by atoms with E-state index in [1.807, 2.05) is 0 Å². The number of rotatable bonds is 2. The van der Waals surface area contributed by atoms with Crippen molar-refractivity contribution in [3.05, 3.63) is 0 Å². The van der Waals surface area contributed by atoms with Gasteiger partial charge in [0, 0.05) is 18.5 Å². The van der Waals surface area contributed by atoms with Gasteiger partial charge in [0.15, 0.2) is 0 Å². The molecule has 4 bridgehead atoms. The van der Waals surface area contributed by atoms with Crippen molar-refractivity contribution in [1.29, 1.82) is 0 Å². The van der Waals surface area contributed by atoms with Crippen LogP contribution in [-0.2, 0) is 14.3 Å². The van der Waals surface area contributed by atoms with E-state index in [0.29, 0.717) is 23.8 Å². The van der Waals surface area contributed by atoms with Gasteiger partial charge in [-0.1, -0.05) is 13.8 Å². The molecule has 1 aliphatic heterocycles. The van der Waals surface area contributed by atoms with Crippen LogP contribution in [-0.4, -0.2) is 36.0 Å². The minimum atomic E-state index is -0.258. The van der Waals surface area contributed by atoms with Crippen molar-refractivity contribution in [2.24, 2.45) is 22.7 Å². The highest BCUT2D eigenvalue weighted by molar-refractivity contribution is 5.87. The Bertz CT molecular complexity index is 524. The molecule has 0 aromatic heterocycles. The summed E-state index contributed by atoms with van der Waals surface area (Å²) in [7, 11) is 1.42. The molecule has 1 amide bonds. The van der Waals surface area contributed by atoms with Gasteiger partial charge in [0.25, 0.3) is 0 Å². The Morgan fingerprint density at radius 2 is 1.77 bits per heavy atom. The molecule has 0 aromatic rings. The highest BCUT2D eigenvalue weighted by Gasteiger charge is 2.63. The van der Waals surface area contributed by atoms with Crippen molar-refractivity contribution in [3.63, 3.8) is 0 Å². The van der Waals surface area contributed by atoms with Gasteiger partial charge in [-0.3, -0.25) is 9.59 Å². The van der Waals surface area contributed by atoms with E-state index in [0.717, 1.165) is 25.2 Å². The smallest absolute Gasteiger partial charge is 0.310 e. The van der Waals surface area contributed by atoms with Crippen molar-refractivity contribution in [3.8, 4) is 0 Å². The molecule has 0 spiro atoms. The first kappa shape index (κ1) is 14.5. The third kappa shape index (κ3) is 1.95. The second-order valence-corrected chi connectivity index (χ2v) is 9.28. The summed E-state index contributed by atoms with van der Waals surface area (Å²) < 4.78 is 4.87. The van der Waals surface area contributed by atoms with Crippen LogP contribution in [0.25, 0.3) is 0 Å². The molecule has 122 valence electrons. The summed E-state index contributed by atoms with van der Waals surface area (Å²) >= 11 is 0. The van der Waals surface area contributed by atoms with Gasteiger partial charge in [0.1, 0.15) is 0 Å². The lowest BCUT2D eigenvalue weighted by atomic mass is 9.42. The molecule has 4 heteroatoms. The number of amides is 1. The maximum Gasteiger partial charge on any atom is 0.310 e. The third-order valence-electron chi connectivity index (χ3n) is 6.83. The summed E-state index contributed by atoms with van der Waals surface area (Å²) in [5.74, 6) is 0.449. The molecular formula is C18H27NO3. The number of methoxy groups -OCH3 is 1. The van der Waals surface area contributed by atoms with Crippen molar-refractivity contribution < 1.29 is 14.3 Å². The minimum absolute atomic E-state index is 0.0166. The van der Waals surface area contributed by atoms with Crippen molar-refractivity contribution >= 4 is 11.9 Å². The number of hydrogen-bond acceptors (Lipinski definition) is 3. The second kappa shape index (κ2) is 4.27. The molecule has 5 rings (SSSR count). The van der Waals surface area contributed by atoms with Crippen LogP contribution in [0.1, 0.15) is 58.8 Å². The van der Waals surface area contributed by atoms with Crippen LogP contribution in [0.5, 0.6) is 0 Å². The normalized spacial score (nSPS) is 49.8. The first-order valence-electron chi connectivity index (χ1n) is 8.65. The quantitative estimate of drug-likeness (QED) is 0.737. The Morgan fingerprint density at radius 3 is 2.32 bits per heavy atom. The van der Waals surface area contributed by atoms with E-state index in [1.165, 1.54) is 26.4 Å². The molecule has 0 aromatic carbocycles. The first-order valence-corrected chi connectivity index (χ1v) is 8.65. The van der Waals surface area contributed by atoms with Crippen molar-refractivity contribution in [2.75, 3.05) is 13.7 Å². The first-order chi connectivity index (χ1) is 10.3. The van der Waals surface area contributed by atoms with Gasteiger partial charge < -0.3 is 9.64 Å². The summed E-state index contributed by atoms with van der Waals surface area (Å²) in [4.78, 5) is 26.6. The lowest BCUT2D eigenvalue weighted by Crippen LogP contribution is -2.65. The number of likely N-dealkylation sites (tertiary alicyclic amines) is 1. The summed E-state index contributed by atoms with van der Waals surface area (Å²) in [5, 5.41) is 0. The maximum absolute atomic E-state index is 12.6. The van der Waals surface area contributed by atoms with Gasteiger partial charge in [-0.15, -0.1) is 0 Å². The SMILES string of the molecule is COC(=O)[C@@H]1CC(=O)N(C23CC4C[C@](C)(C2)C[C@](C)(C4)C3)C1. The maximum atomic E-state index is 12.6. The largest absolute Gasteiger partial charge is 0.469 e. The van der Waals surface area contributed by atoms with E-state index in [-0.39, 0.29) is 23.3 Å². The number of carbonyl (C=O) groups excluding carboxylic acids is 2. The molecule has 0 radical (unpaired) electrons. The van der Waals surface area contributed by atoms with E-state index in [1.54, 1.807) is 0 Å². The Kier molecular flexibility index (Phi) is 2.82. The van der Waals surface area contributed by atoms with E-state index in [2.05, 4.69) is 18.7 Å². The van der Waals surface area contributed by atoms with Gasteiger partial charge in [0.2, 0.25) is 5.91 Å². The zero-order valence-electron chi connectivity index (χ0n) is 14.0. The van der Waals surface area contributed by atoms with E-state index >= 15 is 0 Å². The Hall–Kier alpha value is -1.06. The average molecular weight is 305 g/mol. The van der Waals surface area contributed by atoms with Crippen molar-refractivity contribution in [2.45, 2.75) is 64.3 Å². The Balaban J connectivity index is 1.65. The number of ether oxygens (including phenoxy) is 1. The Morgan fingerprint density at radius 1 is 1.14 bits per heavy atom. The molecular weight excluding hydrogens is 278 g/mol. The zero-order chi connectivity index (χ0) is 15.8. The van der Waals surface area contributed by atoms with Crippen LogP contribution in [0.4, 0.5) is 0 Å². The highest BCUT2D eigenvalue weighted by Crippen LogP contribution is 2.68. The molecule has 5 fully saturated rings. The molecule has 0 unspecified atom stereocenters. The fraction of sp³-hybridized carbons (Fsp3) is 0.889.